The van der Waals surface area contributed by atoms with E-state index >= 15 is 0 Å². The van der Waals surface area contributed by atoms with Crippen molar-refractivity contribution in [2.45, 2.75) is 81.2 Å². The highest BCUT2D eigenvalue weighted by Crippen LogP contribution is 2.29. The number of phenols is 4. The molecule has 2 aromatic carbocycles. The lowest BCUT2D eigenvalue weighted by Gasteiger charge is -2.43. The van der Waals surface area contributed by atoms with Crippen LogP contribution in [0.15, 0.2) is 48.6 Å². The molecule has 2 aliphatic heterocycles. The predicted octanol–water partition coefficient (Wildman–Crippen LogP) is -0.930. The third-order valence-electron chi connectivity index (χ3n) is 7.49. The second-order valence-corrected chi connectivity index (χ2v) is 10.8. The highest BCUT2D eigenvalue weighted by molar-refractivity contribution is 5.82. The fourth-order valence-electron chi connectivity index (χ4n) is 4.84. The van der Waals surface area contributed by atoms with Gasteiger partial charge in [0.25, 0.3) is 0 Å². The lowest BCUT2D eigenvalue weighted by atomic mass is 9.98. The maximum Gasteiger partial charge on any atom is 0.330 e. The number of hydrogen-bond donors (Lipinski definition) is 9. The molecule has 0 spiro atoms. The van der Waals surface area contributed by atoms with Crippen molar-refractivity contribution < 1.29 is 74.4 Å². The summed E-state index contributed by atoms with van der Waals surface area (Å²) in [6.07, 6.45) is -11.7. The number of esters is 1. The largest absolute Gasteiger partial charge is 0.504 e. The maximum atomic E-state index is 12.7. The van der Waals surface area contributed by atoms with Crippen molar-refractivity contribution >= 4 is 5.97 Å². The summed E-state index contributed by atoms with van der Waals surface area (Å²) in [6, 6.07) is 8.32. The first-order valence-electron chi connectivity index (χ1n) is 14.2. The molecule has 2 heterocycles. The number of carbonyl (C=O) groups excluding carboxylic acids is 1. The van der Waals surface area contributed by atoms with Crippen LogP contribution in [0.25, 0.3) is 0 Å². The van der Waals surface area contributed by atoms with Gasteiger partial charge in [-0.2, -0.15) is 0 Å². The number of hydrogen-bond acceptors (Lipinski definition) is 15. The Morgan fingerprint density at radius 1 is 0.756 bits per heavy atom. The molecule has 0 unspecified atom stereocenters. The number of ether oxygens (including phenoxy) is 5. The van der Waals surface area contributed by atoms with Crippen LogP contribution in [0.5, 0.6) is 23.0 Å². The van der Waals surface area contributed by atoms with E-state index in [1.165, 1.54) is 43.3 Å². The summed E-state index contributed by atoms with van der Waals surface area (Å²) in [5, 5.41) is 90.6. The van der Waals surface area contributed by atoms with E-state index < -0.39 is 74.0 Å². The van der Waals surface area contributed by atoms with Gasteiger partial charge in [0, 0.05) is 6.08 Å². The average Bonchev–Trinajstić information content (AvgIpc) is 3.00. The maximum absolute atomic E-state index is 12.7. The van der Waals surface area contributed by atoms with Crippen LogP contribution in [-0.4, -0.2) is 127 Å². The van der Waals surface area contributed by atoms with E-state index in [2.05, 4.69) is 0 Å². The molecule has 9 N–H and O–H groups in total. The van der Waals surface area contributed by atoms with Crippen LogP contribution in [0.3, 0.4) is 0 Å². The van der Waals surface area contributed by atoms with Crippen LogP contribution < -0.4 is 0 Å². The second kappa shape index (κ2) is 15.2. The number of allylic oxidation sites excluding steroid dienone is 1. The summed E-state index contributed by atoms with van der Waals surface area (Å²) >= 11 is 0. The zero-order chi connectivity index (χ0) is 32.8. The molecule has 15 heteroatoms. The smallest absolute Gasteiger partial charge is 0.330 e. The normalized spacial score (nSPS) is 32.0. The predicted molar refractivity (Wildman–Crippen MR) is 151 cm³/mol. The summed E-state index contributed by atoms with van der Waals surface area (Å²) in [6.45, 7) is 0.913. The van der Waals surface area contributed by atoms with Crippen LogP contribution >= 0.6 is 0 Å². The molecule has 0 amide bonds. The van der Waals surface area contributed by atoms with Crippen molar-refractivity contribution in [1.82, 2.24) is 0 Å². The van der Waals surface area contributed by atoms with Crippen LogP contribution in [-0.2, 0) is 41.3 Å². The molecular weight excluding hydrogens is 600 g/mol. The SMILES string of the molecule is C[C@H]1O[C@H](OC[C@@H]2O[C@H](OCCc3ccc(O)c(O)c3)[C@@H](O)[C@H](OC(=O)/C=C/Cc3ccc(O)c(O)c3)[C@H]2O)[C@@H](O)[C@@H](O)[C@@H]1O. The second-order valence-electron chi connectivity index (χ2n) is 10.8. The number of aromatic hydroxyl groups is 4. The minimum absolute atomic E-state index is 0.0678. The van der Waals surface area contributed by atoms with Gasteiger partial charge < -0.3 is 69.6 Å². The molecule has 0 radical (unpaired) electrons. The van der Waals surface area contributed by atoms with Crippen molar-refractivity contribution in [3.8, 4) is 23.0 Å². The van der Waals surface area contributed by atoms with Crippen molar-refractivity contribution in [2.75, 3.05) is 13.2 Å². The number of phenolic OH excluding ortho intramolecular Hbond substituents is 4. The van der Waals surface area contributed by atoms with Crippen LogP contribution in [0, 0.1) is 0 Å². The quantitative estimate of drug-likeness (QED) is 0.0820. The van der Waals surface area contributed by atoms with Gasteiger partial charge >= 0.3 is 5.97 Å². The van der Waals surface area contributed by atoms with E-state index in [4.69, 9.17) is 23.7 Å². The van der Waals surface area contributed by atoms with Crippen molar-refractivity contribution in [1.29, 1.82) is 0 Å². The number of aliphatic hydroxyl groups is 5. The van der Waals surface area contributed by atoms with E-state index in [-0.39, 0.29) is 42.4 Å². The van der Waals surface area contributed by atoms with Crippen molar-refractivity contribution in [2.24, 2.45) is 0 Å². The molecule has 10 atom stereocenters. The zero-order valence-electron chi connectivity index (χ0n) is 24.2. The fourth-order valence-corrected chi connectivity index (χ4v) is 4.84. The molecule has 2 saturated heterocycles. The first kappa shape index (κ1) is 34.4. The van der Waals surface area contributed by atoms with E-state index in [1.54, 1.807) is 6.07 Å². The van der Waals surface area contributed by atoms with Gasteiger partial charge in [-0.3, -0.25) is 0 Å². The Morgan fingerprint density at radius 2 is 1.38 bits per heavy atom. The van der Waals surface area contributed by atoms with Gasteiger partial charge in [0.05, 0.1) is 19.3 Å². The Bertz CT molecular complexity index is 1320. The zero-order valence-corrected chi connectivity index (χ0v) is 24.2. The first-order chi connectivity index (χ1) is 21.3. The Balaban J connectivity index is 1.42. The monoisotopic (exact) mass is 638 g/mol. The topological polar surface area (TPSA) is 245 Å². The third-order valence-corrected chi connectivity index (χ3v) is 7.49. The van der Waals surface area contributed by atoms with E-state index in [0.29, 0.717) is 11.1 Å². The Hall–Kier alpha value is -3.51. The van der Waals surface area contributed by atoms with E-state index in [0.717, 1.165) is 6.08 Å². The van der Waals surface area contributed by atoms with Gasteiger partial charge in [0.15, 0.2) is 41.7 Å². The molecule has 4 rings (SSSR count). The molecule has 2 fully saturated rings. The van der Waals surface area contributed by atoms with E-state index in [1.807, 2.05) is 0 Å². The Kier molecular flexibility index (Phi) is 11.6. The highest BCUT2D eigenvalue weighted by Gasteiger charge is 2.49. The fraction of sp³-hybridized carbons (Fsp3) is 0.500. The summed E-state index contributed by atoms with van der Waals surface area (Å²) in [7, 11) is 0. The summed E-state index contributed by atoms with van der Waals surface area (Å²) in [5.41, 5.74) is 1.16. The Morgan fingerprint density at radius 3 is 2.04 bits per heavy atom. The minimum atomic E-state index is -1.68. The van der Waals surface area contributed by atoms with Gasteiger partial charge in [0.2, 0.25) is 0 Å². The van der Waals surface area contributed by atoms with Gasteiger partial charge in [0.1, 0.15) is 36.6 Å². The minimum Gasteiger partial charge on any atom is -0.504 e. The molecule has 0 bridgehead atoms. The standard InChI is InChI=1S/C30H38O15/c1-14-23(36)25(38)26(39)29(43-14)42-13-21-24(37)28(45-22(35)4-2-3-15-5-7-17(31)19(33)11-15)27(40)30(44-21)41-10-9-16-6-8-18(32)20(34)12-16/h2,4-8,11-12,14,21,23-34,36-40H,3,9-10,13H2,1H3/b4-2+/t14-,21+,23-,24+,25+,26+,27+,28-,29+,30+/m1/s1. The van der Waals surface area contributed by atoms with Gasteiger partial charge in [-0.25, -0.2) is 4.79 Å². The highest BCUT2D eigenvalue weighted by atomic mass is 16.7. The summed E-state index contributed by atoms with van der Waals surface area (Å²) in [4.78, 5) is 12.7. The van der Waals surface area contributed by atoms with Crippen LogP contribution in [0.2, 0.25) is 0 Å². The molecule has 248 valence electrons. The molecule has 2 aliphatic rings. The Labute approximate surface area is 257 Å². The number of rotatable bonds is 11. The molecule has 0 aliphatic carbocycles. The van der Waals surface area contributed by atoms with Gasteiger partial charge in [-0.1, -0.05) is 18.2 Å². The average molecular weight is 639 g/mol. The molecule has 0 saturated carbocycles. The van der Waals surface area contributed by atoms with Crippen molar-refractivity contribution in [3.63, 3.8) is 0 Å². The van der Waals surface area contributed by atoms with Crippen LogP contribution in [0.4, 0.5) is 0 Å². The van der Waals surface area contributed by atoms with Gasteiger partial charge in [-0.05, 0) is 55.2 Å². The molecule has 0 aromatic heterocycles. The first-order valence-corrected chi connectivity index (χ1v) is 14.2. The van der Waals surface area contributed by atoms with Crippen LogP contribution in [0.1, 0.15) is 18.1 Å². The van der Waals surface area contributed by atoms with Crippen molar-refractivity contribution in [3.05, 3.63) is 59.7 Å². The molecule has 15 nitrogen and oxygen atoms in total. The van der Waals surface area contributed by atoms with E-state index in [9.17, 15) is 50.8 Å². The molecule has 45 heavy (non-hydrogen) atoms. The number of aliphatic hydroxyl groups excluding tert-OH is 5. The lowest BCUT2D eigenvalue weighted by molar-refractivity contribution is -0.328. The number of benzene rings is 2. The third kappa shape index (κ3) is 8.61. The van der Waals surface area contributed by atoms with Gasteiger partial charge in [-0.15, -0.1) is 0 Å². The summed E-state index contributed by atoms with van der Waals surface area (Å²) in [5.74, 6) is -2.19. The summed E-state index contributed by atoms with van der Waals surface area (Å²) < 4.78 is 27.7. The lowest BCUT2D eigenvalue weighted by Crippen LogP contribution is -2.62. The molecular formula is C30H38O15. The number of carbonyl (C=O) groups is 1. The molecule has 2 aromatic rings.